The van der Waals surface area contributed by atoms with Crippen LogP contribution in [0.3, 0.4) is 0 Å². The van der Waals surface area contributed by atoms with E-state index in [4.69, 9.17) is 12.2 Å². The van der Waals surface area contributed by atoms with E-state index in [2.05, 4.69) is 105 Å². The molecule has 0 bridgehead atoms. The van der Waals surface area contributed by atoms with Crippen LogP contribution in [0, 0.1) is 13.8 Å². The van der Waals surface area contributed by atoms with Gasteiger partial charge in [-0.1, -0.05) is 22.0 Å². The minimum Gasteiger partial charge on any atom is -0.352 e. The molecule has 31 heavy (non-hydrogen) atoms. The van der Waals surface area contributed by atoms with Crippen LogP contribution in [0.2, 0.25) is 0 Å². The Hall–Kier alpha value is -2.22. The summed E-state index contributed by atoms with van der Waals surface area (Å²) in [7, 11) is 4.19. The lowest BCUT2D eigenvalue weighted by molar-refractivity contribution is 0.277. The molecule has 0 saturated carbocycles. The van der Waals surface area contributed by atoms with Gasteiger partial charge in [-0.05, 0) is 88.2 Å². The zero-order chi connectivity index (χ0) is 22.1. The highest BCUT2D eigenvalue weighted by Crippen LogP contribution is 2.41. The number of likely N-dealkylation sites (N-methyl/N-ethyl adjacent to an activating group) is 1. The van der Waals surface area contributed by atoms with E-state index >= 15 is 0 Å². The number of benzene rings is 1. The van der Waals surface area contributed by atoms with E-state index in [1.807, 2.05) is 18.3 Å². The molecule has 4 rings (SSSR count). The summed E-state index contributed by atoms with van der Waals surface area (Å²) in [5.74, 6) is 0. The molecule has 2 atom stereocenters. The maximum Gasteiger partial charge on any atom is 0.170 e. The first-order valence-corrected chi connectivity index (χ1v) is 11.6. The van der Waals surface area contributed by atoms with Crippen LogP contribution in [0.15, 0.2) is 59.2 Å². The van der Waals surface area contributed by atoms with Crippen molar-refractivity contribution in [2.45, 2.75) is 25.9 Å². The number of thiocarbonyl (C=S) groups is 1. The number of hydrogen-bond acceptors (Lipinski definition) is 3. The minimum absolute atomic E-state index is 0.00901. The number of nitrogens with one attached hydrogen (secondary N) is 1. The molecule has 7 heteroatoms. The lowest BCUT2D eigenvalue weighted by Gasteiger charge is -2.29. The van der Waals surface area contributed by atoms with Crippen molar-refractivity contribution >= 4 is 33.3 Å². The topological polar surface area (TPSA) is 36.3 Å². The highest BCUT2D eigenvalue weighted by Gasteiger charge is 2.41. The molecule has 5 nitrogen and oxygen atoms in total. The number of nitrogens with zero attached hydrogens (tertiary/aromatic N) is 4. The second kappa shape index (κ2) is 9.10. The van der Waals surface area contributed by atoms with E-state index in [1.165, 1.54) is 17.0 Å². The van der Waals surface area contributed by atoms with Crippen LogP contribution in [0.1, 0.15) is 34.7 Å². The fraction of sp³-hybridized carbons (Fsp3) is 0.333. The molecule has 0 amide bonds. The molecular weight excluding hydrogens is 470 g/mol. The third-order valence-corrected chi connectivity index (χ3v) is 6.74. The van der Waals surface area contributed by atoms with Crippen molar-refractivity contribution in [3.63, 3.8) is 0 Å². The van der Waals surface area contributed by atoms with Gasteiger partial charge in [0.15, 0.2) is 5.11 Å². The number of rotatable bonds is 6. The standard InChI is InChI=1S/C24H28BrN5S/c1-16-15-20(17(2)30(16)19-10-8-18(25)9-11-19)23-22(21-7-5-6-12-26-21)27-24(31)29(23)14-13-28(3)4/h5-12,15,22-23H,13-14H2,1-4H3,(H,27,31). The highest BCUT2D eigenvalue weighted by molar-refractivity contribution is 9.10. The Morgan fingerprint density at radius 2 is 1.87 bits per heavy atom. The molecule has 1 N–H and O–H groups in total. The van der Waals surface area contributed by atoms with Gasteiger partial charge in [-0.15, -0.1) is 0 Å². The monoisotopic (exact) mass is 497 g/mol. The first-order valence-electron chi connectivity index (χ1n) is 10.4. The van der Waals surface area contributed by atoms with Crippen LogP contribution >= 0.6 is 28.1 Å². The fourth-order valence-electron chi connectivity index (χ4n) is 4.37. The lowest BCUT2D eigenvalue weighted by atomic mass is 9.97. The minimum atomic E-state index is 0.00901. The molecule has 3 heterocycles. The van der Waals surface area contributed by atoms with Gasteiger partial charge in [0.1, 0.15) is 0 Å². The number of aromatic nitrogens is 2. The van der Waals surface area contributed by atoms with Gasteiger partial charge in [0.25, 0.3) is 0 Å². The van der Waals surface area contributed by atoms with Gasteiger partial charge in [0, 0.05) is 40.8 Å². The Morgan fingerprint density at radius 1 is 1.13 bits per heavy atom. The predicted octanol–water partition coefficient (Wildman–Crippen LogP) is 4.79. The summed E-state index contributed by atoms with van der Waals surface area (Å²) in [6, 6.07) is 16.9. The van der Waals surface area contributed by atoms with Gasteiger partial charge in [0.05, 0.1) is 17.8 Å². The second-order valence-corrected chi connectivity index (χ2v) is 9.56. The Bertz CT molecular complexity index is 1060. The molecule has 1 saturated heterocycles. The summed E-state index contributed by atoms with van der Waals surface area (Å²) in [6.07, 6.45) is 1.85. The molecule has 1 fully saturated rings. The molecule has 0 spiro atoms. The van der Waals surface area contributed by atoms with Gasteiger partial charge < -0.3 is 19.7 Å². The molecule has 162 valence electrons. The fourth-order valence-corrected chi connectivity index (χ4v) is 4.96. The van der Waals surface area contributed by atoms with Gasteiger partial charge in [-0.2, -0.15) is 0 Å². The summed E-state index contributed by atoms with van der Waals surface area (Å²) in [5.41, 5.74) is 5.89. The van der Waals surface area contributed by atoms with E-state index in [-0.39, 0.29) is 12.1 Å². The zero-order valence-corrected chi connectivity index (χ0v) is 20.7. The third-order valence-electron chi connectivity index (χ3n) is 5.86. The number of pyridine rings is 1. The van der Waals surface area contributed by atoms with E-state index in [1.54, 1.807) is 0 Å². The number of hydrogen-bond donors (Lipinski definition) is 1. The predicted molar refractivity (Wildman–Crippen MR) is 134 cm³/mol. The normalized spacial score (nSPS) is 18.6. The van der Waals surface area contributed by atoms with Crippen LogP contribution in [0.4, 0.5) is 0 Å². The lowest BCUT2D eigenvalue weighted by Crippen LogP contribution is -2.35. The molecule has 1 aromatic carbocycles. The summed E-state index contributed by atoms with van der Waals surface area (Å²) >= 11 is 9.34. The van der Waals surface area contributed by atoms with Crippen molar-refractivity contribution in [3.8, 4) is 5.69 Å². The summed E-state index contributed by atoms with van der Waals surface area (Å²) in [5, 5.41) is 4.34. The molecule has 1 aliphatic heterocycles. The van der Waals surface area contributed by atoms with E-state index in [0.29, 0.717) is 0 Å². The van der Waals surface area contributed by atoms with Crippen molar-refractivity contribution in [1.82, 2.24) is 24.7 Å². The first-order chi connectivity index (χ1) is 14.9. The molecule has 3 aromatic rings. The quantitative estimate of drug-likeness (QED) is 0.495. The highest BCUT2D eigenvalue weighted by atomic mass is 79.9. The van der Waals surface area contributed by atoms with Crippen molar-refractivity contribution in [2.75, 3.05) is 27.2 Å². The summed E-state index contributed by atoms with van der Waals surface area (Å²) in [6.45, 7) is 6.15. The summed E-state index contributed by atoms with van der Waals surface area (Å²) < 4.78 is 3.40. The Morgan fingerprint density at radius 3 is 2.52 bits per heavy atom. The largest absolute Gasteiger partial charge is 0.352 e. The van der Waals surface area contributed by atoms with Gasteiger partial charge in [0.2, 0.25) is 0 Å². The van der Waals surface area contributed by atoms with E-state index < -0.39 is 0 Å². The van der Waals surface area contributed by atoms with Crippen molar-refractivity contribution in [2.24, 2.45) is 0 Å². The van der Waals surface area contributed by atoms with Crippen molar-refractivity contribution < 1.29 is 0 Å². The molecular formula is C24H28BrN5S. The Labute approximate surface area is 198 Å². The maximum absolute atomic E-state index is 5.79. The summed E-state index contributed by atoms with van der Waals surface area (Å²) in [4.78, 5) is 9.17. The van der Waals surface area contributed by atoms with Crippen LogP contribution in [0.5, 0.6) is 0 Å². The van der Waals surface area contributed by atoms with Gasteiger partial charge >= 0.3 is 0 Å². The molecule has 0 radical (unpaired) electrons. The molecule has 2 unspecified atom stereocenters. The SMILES string of the molecule is Cc1cc(C2C(c3ccccn3)NC(=S)N2CCN(C)C)c(C)n1-c1ccc(Br)cc1. The smallest absolute Gasteiger partial charge is 0.170 e. The van der Waals surface area contributed by atoms with E-state index in [0.717, 1.165) is 34.1 Å². The Balaban J connectivity index is 1.80. The van der Waals surface area contributed by atoms with E-state index in [9.17, 15) is 0 Å². The van der Waals surface area contributed by atoms with Crippen molar-refractivity contribution in [1.29, 1.82) is 0 Å². The molecule has 1 aliphatic rings. The van der Waals surface area contributed by atoms with Crippen LogP contribution < -0.4 is 5.32 Å². The zero-order valence-electron chi connectivity index (χ0n) is 18.3. The van der Waals surface area contributed by atoms with Crippen LogP contribution in [-0.4, -0.2) is 51.6 Å². The van der Waals surface area contributed by atoms with Gasteiger partial charge in [-0.3, -0.25) is 4.98 Å². The average molecular weight is 498 g/mol. The maximum atomic E-state index is 5.79. The second-order valence-electron chi connectivity index (χ2n) is 8.26. The molecule has 0 aliphatic carbocycles. The average Bonchev–Trinajstić information content (AvgIpc) is 3.23. The third kappa shape index (κ3) is 4.40. The van der Waals surface area contributed by atoms with Crippen molar-refractivity contribution in [3.05, 3.63) is 81.8 Å². The number of aryl methyl sites for hydroxylation is 1. The Kier molecular flexibility index (Phi) is 6.46. The molecule has 2 aromatic heterocycles. The van der Waals surface area contributed by atoms with Crippen LogP contribution in [-0.2, 0) is 0 Å². The number of halogens is 1. The van der Waals surface area contributed by atoms with Crippen LogP contribution in [0.25, 0.3) is 5.69 Å². The first kappa shape index (κ1) is 22.0. The van der Waals surface area contributed by atoms with Gasteiger partial charge in [-0.25, -0.2) is 0 Å².